The van der Waals surface area contributed by atoms with E-state index in [1.165, 1.54) is 12.8 Å². The number of hydrogen-bond donors (Lipinski definition) is 0. The van der Waals surface area contributed by atoms with Crippen molar-refractivity contribution >= 4 is 5.91 Å². The molecule has 2 fully saturated rings. The van der Waals surface area contributed by atoms with Crippen LogP contribution < -0.4 is 0 Å². The molecule has 1 heterocycles. The van der Waals surface area contributed by atoms with Crippen LogP contribution in [0.1, 0.15) is 26.7 Å². The fourth-order valence-electron chi connectivity index (χ4n) is 3.21. The van der Waals surface area contributed by atoms with Crippen molar-refractivity contribution in [3.05, 3.63) is 0 Å². The first-order valence-electron chi connectivity index (χ1n) is 5.36. The minimum atomic E-state index is 0.341. The highest BCUT2D eigenvalue weighted by atomic mass is 16.2. The average Bonchev–Trinajstić information content (AvgIpc) is 2.44. The Morgan fingerprint density at radius 3 is 2.62 bits per heavy atom. The second kappa shape index (κ2) is 3.00. The summed E-state index contributed by atoms with van der Waals surface area (Å²) in [7, 11) is 1.94. The van der Waals surface area contributed by atoms with Crippen molar-refractivity contribution in [1.29, 1.82) is 0 Å². The molecule has 2 nitrogen and oxygen atoms in total. The minimum Gasteiger partial charge on any atom is -0.345 e. The summed E-state index contributed by atoms with van der Waals surface area (Å²) >= 11 is 0. The molecule has 0 N–H and O–H groups in total. The maximum absolute atomic E-state index is 11.9. The Bertz CT molecular complexity index is 226. The third kappa shape index (κ3) is 1.27. The molecule has 13 heavy (non-hydrogen) atoms. The number of hydrogen-bond acceptors (Lipinski definition) is 1. The summed E-state index contributed by atoms with van der Waals surface area (Å²) in [5.41, 5.74) is 0. The van der Waals surface area contributed by atoms with Gasteiger partial charge in [0.25, 0.3) is 0 Å². The molecular formula is C11H19NO. The van der Waals surface area contributed by atoms with E-state index in [0.29, 0.717) is 29.6 Å². The maximum Gasteiger partial charge on any atom is 0.225 e. The number of piperidine rings is 1. The Hall–Kier alpha value is -0.530. The smallest absolute Gasteiger partial charge is 0.225 e. The van der Waals surface area contributed by atoms with E-state index in [9.17, 15) is 4.79 Å². The van der Waals surface area contributed by atoms with Gasteiger partial charge in [-0.1, -0.05) is 13.8 Å². The van der Waals surface area contributed by atoms with Gasteiger partial charge in [0.2, 0.25) is 5.91 Å². The number of fused-ring (bicyclic) bond motifs is 1. The fourth-order valence-corrected chi connectivity index (χ4v) is 3.21. The van der Waals surface area contributed by atoms with E-state index in [1.54, 1.807) is 0 Å². The molecule has 0 unspecified atom stereocenters. The summed E-state index contributed by atoms with van der Waals surface area (Å²) in [5, 5.41) is 0. The summed E-state index contributed by atoms with van der Waals surface area (Å²) in [6.07, 6.45) is 2.52. The maximum atomic E-state index is 11.9. The first-order valence-corrected chi connectivity index (χ1v) is 5.36. The van der Waals surface area contributed by atoms with Gasteiger partial charge < -0.3 is 4.90 Å². The van der Waals surface area contributed by atoms with Gasteiger partial charge in [0.05, 0.1) is 0 Å². The lowest BCUT2D eigenvalue weighted by Crippen LogP contribution is -2.47. The first kappa shape index (κ1) is 9.04. The van der Waals surface area contributed by atoms with Gasteiger partial charge in [-0.25, -0.2) is 0 Å². The van der Waals surface area contributed by atoms with Gasteiger partial charge in [-0.15, -0.1) is 0 Å². The van der Waals surface area contributed by atoms with Gasteiger partial charge in [-0.2, -0.15) is 0 Å². The number of nitrogens with zero attached hydrogens (tertiary/aromatic N) is 1. The van der Waals surface area contributed by atoms with Gasteiger partial charge in [-0.05, 0) is 30.6 Å². The third-order valence-electron chi connectivity index (χ3n) is 3.98. The van der Waals surface area contributed by atoms with E-state index in [4.69, 9.17) is 0 Å². The quantitative estimate of drug-likeness (QED) is 0.557. The lowest BCUT2D eigenvalue weighted by atomic mass is 9.78. The Labute approximate surface area is 80.3 Å². The predicted molar refractivity (Wildman–Crippen MR) is 52.2 cm³/mol. The molecule has 1 aliphatic heterocycles. The number of likely N-dealkylation sites (tertiary alicyclic amines) is 1. The van der Waals surface area contributed by atoms with Crippen molar-refractivity contribution in [2.45, 2.75) is 26.7 Å². The molecular weight excluding hydrogens is 162 g/mol. The number of rotatable bonds is 0. The van der Waals surface area contributed by atoms with Gasteiger partial charge in [0.1, 0.15) is 0 Å². The molecule has 2 rings (SSSR count). The standard InChI is InChI=1S/C11H19NO/c1-7-4-5-9-8(2)6-12(3)11(13)10(7)9/h7-10H,4-6H2,1-3H3/t7-,8-,9+,10+/m0/s1. The van der Waals surface area contributed by atoms with Gasteiger partial charge >= 0.3 is 0 Å². The average molecular weight is 181 g/mol. The van der Waals surface area contributed by atoms with Gasteiger partial charge in [0.15, 0.2) is 0 Å². The molecule has 1 saturated heterocycles. The fraction of sp³-hybridized carbons (Fsp3) is 0.909. The van der Waals surface area contributed by atoms with Crippen molar-refractivity contribution in [2.75, 3.05) is 13.6 Å². The Morgan fingerprint density at radius 2 is 1.92 bits per heavy atom. The van der Waals surface area contributed by atoms with E-state index in [1.807, 2.05) is 11.9 Å². The molecule has 0 radical (unpaired) electrons. The van der Waals surface area contributed by atoms with E-state index in [0.717, 1.165) is 6.54 Å². The van der Waals surface area contributed by atoms with Crippen LogP contribution in [0.5, 0.6) is 0 Å². The molecule has 1 amide bonds. The van der Waals surface area contributed by atoms with Crippen molar-refractivity contribution in [3.8, 4) is 0 Å². The molecule has 2 aliphatic rings. The number of carbonyl (C=O) groups excluding carboxylic acids is 1. The summed E-state index contributed by atoms with van der Waals surface area (Å²) in [5.74, 6) is 2.74. The SMILES string of the molecule is C[C@H]1CN(C)C(=O)[C@H]2[C@@H]1CC[C@@H]2C. The van der Waals surface area contributed by atoms with E-state index >= 15 is 0 Å². The van der Waals surface area contributed by atoms with Crippen molar-refractivity contribution in [2.24, 2.45) is 23.7 Å². The summed E-state index contributed by atoms with van der Waals surface area (Å²) in [6.45, 7) is 5.49. The van der Waals surface area contributed by atoms with Crippen LogP contribution in [0.3, 0.4) is 0 Å². The molecule has 1 saturated carbocycles. The van der Waals surface area contributed by atoms with Crippen LogP contribution in [0.25, 0.3) is 0 Å². The van der Waals surface area contributed by atoms with Crippen molar-refractivity contribution < 1.29 is 4.79 Å². The van der Waals surface area contributed by atoms with Gasteiger partial charge in [0, 0.05) is 19.5 Å². The number of amides is 1. The minimum absolute atomic E-state index is 0.341. The molecule has 0 aromatic carbocycles. The van der Waals surface area contributed by atoms with Crippen LogP contribution in [0.15, 0.2) is 0 Å². The third-order valence-corrected chi connectivity index (χ3v) is 3.98. The molecule has 2 heteroatoms. The largest absolute Gasteiger partial charge is 0.345 e. The topological polar surface area (TPSA) is 20.3 Å². The van der Waals surface area contributed by atoms with Crippen LogP contribution >= 0.6 is 0 Å². The normalized spacial score (nSPS) is 45.2. The highest BCUT2D eigenvalue weighted by Crippen LogP contribution is 2.44. The van der Waals surface area contributed by atoms with E-state index < -0.39 is 0 Å². The van der Waals surface area contributed by atoms with Crippen molar-refractivity contribution in [1.82, 2.24) is 4.90 Å². The predicted octanol–water partition coefficient (Wildman–Crippen LogP) is 1.76. The highest BCUT2D eigenvalue weighted by molar-refractivity contribution is 5.80. The first-order chi connectivity index (χ1) is 6.11. The van der Waals surface area contributed by atoms with Gasteiger partial charge in [-0.3, -0.25) is 4.79 Å². The molecule has 4 atom stereocenters. The molecule has 0 aromatic rings. The molecule has 1 aliphatic carbocycles. The second-order valence-electron chi connectivity index (χ2n) is 4.94. The molecule has 0 spiro atoms. The summed E-state index contributed by atoms with van der Waals surface area (Å²) in [6, 6.07) is 0. The second-order valence-corrected chi connectivity index (χ2v) is 4.94. The van der Waals surface area contributed by atoms with E-state index in [2.05, 4.69) is 13.8 Å². The molecule has 74 valence electrons. The van der Waals surface area contributed by atoms with Crippen LogP contribution in [0.2, 0.25) is 0 Å². The summed E-state index contributed by atoms with van der Waals surface area (Å²) in [4.78, 5) is 13.8. The monoisotopic (exact) mass is 181 g/mol. The van der Waals surface area contributed by atoms with Crippen LogP contribution in [0.4, 0.5) is 0 Å². The summed E-state index contributed by atoms with van der Waals surface area (Å²) < 4.78 is 0. The lowest BCUT2D eigenvalue weighted by molar-refractivity contribution is -0.142. The Morgan fingerprint density at radius 1 is 1.23 bits per heavy atom. The molecule has 0 aromatic heterocycles. The van der Waals surface area contributed by atoms with Crippen molar-refractivity contribution in [3.63, 3.8) is 0 Å². The van der Waals surface area contributed by atoms with Crippen LogP contribution in [-0.2, 0) is 4.79 Å². The van der Waals surface area contributed by atoms with E-state index in [-0.39, 0.29) is 0 Å². The Balaban J connectivity index is 2.22. The lowest BCUT2D eigenvalue weighted by Gasteiger charge is -2.38. The van der Waals surface area contributed by atoms with Crippen LogP contribution in [0, 0.1) is 23.7 Å². The zero-order chi connectivity index (χ0) is 9.59. The highest BCUT2D eigenvalue weighted by Gasteiger charge is 2.45. The van der Waals surface area contributed by atoms with Crippen LogP contribution in [-0.4, -0.2) is 24.4 Å². The number of carbonyl (C=O) groups is 1. The zero-order valence-corrected chi connectivity index (χ0v) is 8.79. The zero-order valence-electron chi connectivity index (χ0n) is 8.79. The Kier molecular flexibility index (Phi) is 2.09. The molecule has 0 bridgehead atoms.